The third-order valence-electron chi connectivity index (χ3n) is 5.14. The van der Waals surface area contributed by atoms with Crippen molar-refractivity contribution in [1.82, 2.24) is 14.9 Å². The molecular formula is C23H30IN3O3. The lowest BCUT2D eigenvalue weighted by Gasteiger charge is -2.30. The molecule has 2 unspecified atom stereocenters. The van der Waals surface area contributed by atoms with E-state index in [4.69, 9.17) is 12.8 Å². The molecule has 1 N–H and O–H groups in total. The smallest absolute Gasteiger partial charge is 0.411 e. The van der Waals surface area contributed by atoms with Gasteiger partial charge in [0.25, 0.3) is 0 Å². The van der Waals surface area contributed by atoms with Crippen LogP contribution in [-0.4, -0.2) is 32.6 Å². The second-order valence-corrected chi connectivity index (χ2v) is 8.81. The number of carbonyl (C=O) groups excluding carboxylic acids is 1. The summed E-state index contributed by atoms with van der Waals surface area (Å²) in [6.07, 6.45) is 1.51. The Morgan fingerprint density at radius 3 is 2.60 bits per heavy atom. The van der Waals surface area contributed by atoms with Gasteiger partial charge in [-0.05, 0) is 70.2 Å². The zero-order chi connectivity index (χ0) is 22.1. The number of likely N-dealkylation sites (tertiary alicyclic amines) is 1. The summed E-state index contributed by atoms with van der Waals surface area (Å²) >= 11 is 1.88. The van der Waals surface area contributed by atoms with E-state index in [1.807, 2.05) is 86.8 Å². The first-order valence-electron chi connectivity index (χ1n) is 10.5. The molecule has 0 spiro atoms. The molecule has 6 nitrogen and oxygen atoms in total. The number of amides is 1. The normalized spacial score (nSPS) is 19.0. The van der Waals surface area contributed by atoms with E-state index in [0.717, 1.165) is 46.2 Å². The third-order valence-corrected chi connectivity index (χ3v) is 5.64. The standard InChI is InChI=1S/C21H24IN3O3.C2H6/c1-12-5-10-17(25(12)20(26)27-21(2,3)4)19-23-16-9-6-13-11-14(28-22)7-8-15(13)18(16)24-19;1-2/h6-9,11-12,17H,5,10H2,1-4H3,(H,23,24);1-2H3. The maximum atomic E-state index is 12.8. The number of hydrogen-bond donors (Lipinski definition) is 1. The minimum Gasteiger partial charge on any atom is -0.444 e. The highest BCUT2D eigenvalue weighted by Gasteiger charge is 2.39. The summed E-state index contributed by atoms with van der Waals surface area (Å²) < 4.78 is 10.9. The molecule has 162 valence electrons. The van der Waals surface area contributed by atoms with Crippen molar-refractivity contribution in [2.24, 2.45) is 0 Å². The van der Waals surface area contributed by atoms with Crippen LogP contribution < -0.4 is 3.07 Å². The third kappa shape index (κ3) is 4.50. The number of hydrogen-bond acceptors (Lipinski definition) is 4. The van der Waals surface area contributed by atoms with Crippen molar-refractivity contribution < 1.29 is 12.6 Å². The van der Waals surface area contributed by atoms with E-state index < -0.39 is 5.60 Å². The molecule has 2 atom stereocenters. The van der Waals surface area contributed by atoms with Gasteiger partial charge in [0.1, 0.15) is 17.2 Å². The zero-order valence-electron chi connectivity index (χ0n) is 18.5. The van der Waals surface area contributed by atoms with Crippen molar-refractivity contribution in [3.05, 3.63) is 36.2 Å². The van der Waals surface area contributed by atoms with Gasteiger partial charge in [-0.1, -0.05) is 19.9 Å². The van der Waals surface area contributed by atoms with Crippen molar-refractivity contribution in [3.63, 3.8) is 0 Å². The van der Waals surface area contributed by atoms with Gasteiger partial charge in [-0.15, -0.1) is 0 Å². The van der Waals surface area contributed by atoms with Crippen LogP contribution in [-0.2, 0) is 4.74 Å². The zero-order valence-corrected chi connectivity index (χ0v) is 20.6. The Labute approximate surface area is 192 Å². The molecule has 4 rings (SSSR count). The van der Waals surface area contributed by atoms with E-state index in [-0.39, 0.29) is 18.2 Å². The van der Waals surface area contributed by atoms with Gasteiger partial charge in [0, 0.05) is 11.4 Å². The molecule has 0 radical (unpaired) electrons. The summed E-state index contributed by atoms with van der Waals surface area (Å²) in [5.74, 6) is 1.62. The molecular weight excluding hydrogens is 493 g/mol. The van der Waals surface area contributed by atoms with Gasteiger partial charge < -0.3 is 12.8 Å². The van der Waals surface area contributed by atoms with Crippen molar-refractivity contribution >= 4 is 50.9 Å². The lowest BCUT2D eigenvalue weighted by atomic mass is 10.1. The van der Waals surface area contributed by atoms with Crippen LogP contribution in [0.4, 0.5) is 4.79 Å². The molecule has 1 aliphatic rings. The van der Waals surface area contributed by atoms with Crippen LogP contribution in [0.3, 0.4) is 0 Å². The number of aromatic nitrogens is 2. The first-order chi connectivity index (χ1) is 14.3. The van der Waals surface area contributed by atoms with Gasteiger partial charge in [-0.25, -0.2) is 9.78 Å². The fourth-order valence-electron chi connectivity index (χ4n) is 3.88. The Morgan fingerprint density at radius 1 is 1.20 bits per heavy atom. The lowest BCUT2D eigenvalue weighted by Crippen LogP contribution is -2.40. The molecule has 0 aliphatic carbocycles. The van der Waals surface area contributed by atoms with E-state index in [0.29, 0.717) is 0 Å². The SMILES string of the molecule is CC.CC1CCC(c2nc3c(ccc4cc(OI)ccc43)[nH]2)N1C(=O)OC(C)(C)C. The molecule has 1 fully saturated rings. The summed E-state index contributed by atoms with van der Waals surface area (Å²) in [6.45, 7) is 11.7. The van der Waals surface area contributed by atoms with Crippen LogP contribution in [0, 0.1) is 0 Å². The Balaban J connectivity index is 0.00000124. The molecule has 0 saturated carbocycles. The number of rotatable bonds is 2. The Hall–Kier alpha value is -2.03. The van der Waals surface area contributed by atoms with Crippen LogP contribution in [0.1, 0.15) is 66.3 Å². The fourth-order valence-corrected chi connectivity index (χ4v) is 4.15. The molecule has 1 amide bonds. The molecule has 2 aromatic carbocycles. The first-order valence-corrected chi connectivity index (χ1v) is 11.4. The van der Waals surface area contributed by atoms with E-state index in [1.165, 1.54) is 0 Å². The van der Waals surface area contributed by atoms with Crippen LogP contribution >= 0.6 is 23.0 Å². The maximum absolute atomic E-state index is 12.8. The number of nitrogens with one attached hydrogen (secondary N) is 1. The van der Waals surface area contributed by atoms with Crippen molar-refractivity contribution in [1.29, 1.82) is 0 Å². The topological polar surface area (TPSA) is 67.5 Å². The van der Waals surface area contributed by atoms with Crippen LogP contribution in [0.15, 0.2) is 30.3 Å². The van der Waals surface area contributed by atoms with Crippen LogP contribution in [0.2, 0.25) is 0 Å². The predicted molar refractivity (Wildman–Crippen MR) is 129 cm³/mol. The molecule has 30 heavy (non-hydrogen) atoms. The summed E-state index contributed by atoms with van der Waals surface area (Å²) in [4.78, 5) is 23.0. The van der Waals surface area contributed by atoms with Gasteiger partial charge in [-0.3, -0.25) is 4.90 Å². The summed E-state index contributed by atoms with van der Waals surface area (Å²) in [7, 11) is 0. The molecule has 7 heteroatoms. The second kappa shape index (κ2) is 8.99. The highest BCUT2D eigenvalue weighted by molar-refractivity contribution is 14.1. The number of halogens is 1. The quantitative estimate of drug-likeness (QED) is 0.370. The van der Waals surface area contributed by atoms with E-state index in [2.05, 4.69) is 18.0 Å². The maximum Gasteiger partial charge on any atom is 0.411 e. The Bertz CT molecular complexity index is 1040. The van der Waals surface area contributed by atoms with Crippen molar-refractivity contribution in [2.45, 2.75) is 72.1 Å². The molecule has 1 saturated heterocycles. The minimum absolute atomic E-state index is 0.107. The summed E-state index contributed by atoms with van der Waals surface area (Å²) in [6, 6.07) is 10.1. The van der Waals surface area contributed by atoms with Crippen molar-refractivity contribution in [3.8, 4) is 5.75 Å². The number of ether oxygens (including phenoxy) is 1. The lowest BCUT2D eigenvalue weighted by molar-refractivity contribution is 0.0152. The van der Waals surface area contributed by atoms with Gasteiger partial charge >= 0.3 is 6.09 Å². The minimum atomic E-state index is -0.521. The van der Waals surface area contributed by atoms with Gasteiger partial charge in [0.05, 0.1) is 17.1 Å². The number of fused-ring (bicyclic) bond motifs is 3. The van der Waals surface area contributed by atoms with Crippen molar-refractivity contribution in [2.75, 3.05) is 0 Å². The van der Waals surface area contributed by atoms with E-state index >= 15 is 0 Å². The van der Waals surface area contributed by atoms with Gasteiger partial charge in [-0.2, -0.15) is 0 Å². The number of imidazole rings is 1. The van der Waals surface area contributed by atoms with Crippen LogP contribution in [0.5, 0.6) is 5.75 Å². The second-order valence-electron chi connectivity index (χ2n) is 8.37. The van der Waals surface area contributed by atoms with E-state index in [1.54, 1.807) is 0 Å². The number of aromatic amines is 1. The molecule has 1 aliphatic heterocycles. The molecule has 1 aromatic heterocycles. The number of H-pyrrole nitrogens is 1. The largest absolute Gasteiger partial charge is 0.444 e. The Kier molecular flexibility index (Phi) is 6.79. The summed E-state index contributed by atoms with van der Waals surface area (Å²) in [5, 5.41) is 2.13. The average molecular weight is 523 g/mol. The van der Waals surface area contributed by atoms with Gasteiger partial charge in [0.2, 0.25) is 0 Å². The number of carbonyl (C=O) groups is 1. The van der Waals surface area contributed by atoms with Crippen LogP contribution in [0.25, 0.3) is 21.8 Å². The number of benzene rings is 2. The van der Waals surface area contributed by atoms with E-state index in [9.17, 15) is 4.79 Å². The Morgan fingerprint density at radius 2 is 1.93 bits per heavy atom. The average Bonchev–Trinajstić information content (AvgIpc) is 3.31. The highest BCUT2D eigenvalue weighted by atomic mass is 127. The molecule has 2 heterocycles. The monoisotopic (exact) mass is 523 g/mol. The molecule has 0 bridgehead atoms. The predicted octanol–water partition coefficient (Wildman–Crippen LogP) is 6.93. The highest BCUT2D eigenvalue weighted by Crippen LogP contribution is 2.37. The fraction of sp³-hybridized carbons (Fsp3) is 0.478. The van der Waals surface area contributed by atoms with Gasteiger partial charge in [0.15, 0.2) is 23.0 Å². The molecule has 3 aromatic rings. The first kappa shape index (κ1) is 22.7. The number of nitrogens with zero attached hydrogens (tertiary/aromatic N) is 2. The summed E-state index contributed by atoms with van der Waals surface area (Å²) in [5.41, 5.74) is 1.36.